The first-order valence-electron chi connectivity index (χ1n) is 5.14. The van der Waals surface area contributed by atoms with E-state index in [4.69, 9.17) is 0 Å². The fourth-order valence-corrected chi connectivity index (χ4v) is 1.32. The summed E-state index contributed by atoms with van der Waals surface area (Å²) in [4.78, 5) is 27.4. The maximum Gasteiger partial charge on any atom is 0.343 e. The molecule has 0 aromatic carbocycles. The Bertz CT molecular complexity index is 559. The molecular formula is C11H11N5O2. The molecule has 0 aliphatic carbocycles. The van der Waals surface area contributed by atoms with Crippen LogP contribution in [0, 0.1) is 6.92 Å². The number of hydrogen-bond donors (Lipinski definition) is 1. The van der Waals surface area contributed by atoms with Gasteiger partial charge in [0.05, 0.1) is 25.2 Å². The Morgan fingerprint density at radius 2 is 2.00 bits per heavy atom. The molecule has 2 aromatic heterocycles. The van der Waals surface area contributed by atoms with Gasteiger partial charge in [0.1, 0.15) is 23.5 Å². The van der Waals surface area contributed by atoms with Crippen LogP contribution in [0.5, 0.6) is 0 Å². The van der Waals surface area contributed by atoms with Gasteiger partial charge in [-0.05, 0) is 6.92 Å². The smallest absolute Gasteiger partial charge is 0.343 e. The number of carbonyl (C=O) groups is 1. The zero-order valence-corrected chi connectivity index (χ0v) is 9.91. The number of hydrogen-bond acceptors (Lipinski definition) is 7. The number of nitrogens with zero attached hydrogens (tertiary/aromatic N) is 4. The minimum Gasteiger partial charge on any atom is -0.465 e. The largest absolute Gasteiger partial charge is 0.465 e. The molecule has 0 spiro atoms. The molecule has 7 nitrogen and oxygen atoms in total. The van der Waals surface area contributed by atoms with Crippen molar-refractivity contribution in [2.75, 3.05) is 12.4 Å². The molecule has 0 saturated heterocycles. The second-order valence-corrected chi connectivity index (χ2v) is 3.42. The highest BCUT2D eigenvalue weighted by molar-refractivity contribution is 5.94. The topological polar surface area (TPSA) is 89.9 Å². The third-order valence-corrected chi connectivity index (χ3v) is 2.14. The monoisotopic (exact) mass is 245 g/mol. The fourth-order valence-electron chi connectivity index (χ4n) is 1.32. The molecule has 92 valence electrons. The van der Waals surface area contributed by atoms with Crippen molar-refractivity contribution in [1.29, 1.82) is 0 Å². The Morgan fingerprint density at radius 1 is 1.28 bits per heavy atom. The first-order valence-corrected chi connectivity index (χ1v) is 5.14. The quantitative estimate of drug-likeness (QED) is 0.810. The van der Waals surface area contributed by atoms with Gasteiger partial charge >= 0.3 is 5.97 Å². The van der Waals surface area contributed by atoms with E-state index in [0.717, 1.165) is 0 Å². The lowest BCUT2D eigenvalue weighted by atomic mass is 10.3. The number of ether oxygens (including phenoxy) is 1. The summed E-state index contributed by atoms with van der Waals surface area (Å²) in [5, 5.41) is 2.95. The lowest BCUT2D eigenvalue weighted by Crippen LogP contribution is -2.09. The van der Waals surface area contributed by atoms with Crippen LogP contribution in [0.3, 0.4) is 0 Å². The van der Waals surface area contributed by atoms with Gasteiger partial charge in [-0.2, -0.15) is 0 Å². The summed E-state index contributed by atoms with van der Waals surface area (Å²) < 4.78 is 4.66. The summed E-state index contributed by atoms with van der Waals surface area (Å²) in [6.07, 6.45) is 5.98. The Kier molecular flexibility index (Phi) is 3.42. The van der Waals surface area contributed by atoms with Crippen molar-refractivity contribution in [2.24, 2.45) is 0 Å². The highest BCUT2D eigenvalue weighted by atomic mass is 16.5. The minimum atomic E-state index is -0.505. The van der Waals surface area contributed by atoms with Crippen LogP contribution in [0.2, 0.25) is 0 Å². The third-order valence-electron chi connectivity index (χ3n) is 2.14. The number of aryl methyl sites for hydroxylation is 1. The van der Waals surface area contributed by atoms with Crippen LogP contribution in [-0.2, 0) is 4.74 Å². The van der Waals surface area contributed by atoms with Gasteiger partial charge in [-0.1, -0.05) is 0 Å². The first-order chi connectivity index (χ1) is 8.70. The maximum atomic E-state index is 11.6. The van der Waals surface area contributed by atoms with E-state index in [1.807, 2.05) is 0 Å². The van der Waals surface area contributed by atoms with Crippen molar-refractivity contribution in [3.8, 4) is 0 Å². The molecule has 0 amide bonds. The average molecular weight is 245 g/mol. The van der Waals surface area contributed by atoms with Gasteiger partial charge in [0.2, 0.25) is 0 Å². The average Bonchev–Trinajstić information content (AvgIpc) is 2.39. The van der Waals surface area contributed by atoms with Gasteiger partial charge in [-0.3, -0.25) is 0 Å². The van der Waals surface area contributed by atoms with Crippen molar-refractivity contribution < 1.29 is 9.53 Å². The number of esters is 1. The summed E-state index contributed by atoms with van der Waals surface area (Å²) in [6, 6.07) is 0. The van der Waals surface area contributed by atoms with E-state index in [-0.39, 0.29) is 5.56 Å². The molecule has 0 atom stereocenters. The summed E-state index contributed by atoms with van der Waals surface area (Å²) in [5.41, 5.74) is 0.882. The Hall–Kier alpha value is -2.57. The van der Waals surface area contributed by atoms with Gasteiger partial charge in [0.25, 0.3) is 0 Å². The van der Waals surface area contributed by atoms with Crippen molar-refractivity contribution in [2.45, 2.75) is 6.92 Å². The van der Waals surface area contributed by atoms with E-state index >= 15 is 0 Å². The first kappa shape index (κ1) is 11.9. The second-order valence-electron chi connectivity index (χ2n) is 3.42. The summed E-state index contributed by atoms with van der Waals surface area (Å²) in [7, 11) is 1.30. The number of carbonyl (C=O) groups excluding carboxylic acids is 1. The molecule has 0 radical (unpaired) electrons. The van der Waals surface area contributed by atoms with Crippen LogP contribution in [0.15, 0.2) is 24.9 Å². The normalized spacial score (nSPS) is 9.89. The molecule has 2 rings (SSSR count). The van der Waals surface area contributed by atoms with Crippen LogP contribution in [-0.4, -0.2) is 33.0 Å². The predicted octanol–water partition coefficient (Wildman–Crippen LogP) is 1.11. The van der Waals surface area contributed by atoms with Crippen LogP contribution in [0.4, 0.5) is 11.5 Å². The number of aromatic nitrogens is 4. The highest BCUT2D eigenvalue weighted by Gasteiger charge is 2.14. The molecule has 0 aliphatic heterocycles. The van der Waals surface area contributed by atoms with E-state index in [2.05, 4.69) is 30.0 Å². The Morgan fingerprint density at radius 3 is 2.67 bits per heavy atom. The standard InChI is InChI=1S/C11H11N5O2/c1-7-14-5-9(11(17)18-2)10(15-7)16-8-3-12-6-13-4-8/h3-6H,1-2H3,(H,14,15,16). The number of methoxy groups -OCH3 is 1. The van der Waals surface area contributed by atoms with Gasteiger partial charge in [0, 0.05) is 6.20 Å². The third kappa shape index (κ3) is 2.57. The summed E-state index contributed by atoms with van der Waals surface area (Å²) in [5.74, 6) is 0.403. The molecule has 0 unspecified atom stereocenters. The molecule has 2 aromatic rings. The zero-order chi connectivity index (χ0) is 13.0. The van der Waals surface area contributed by atoms with Crippen LogP contribution >= 0.6 is 0 Å². The zero-order valence-electron chi connectivity index (χ0n) is 9.91. The minimum absolute atomic E-state index is 0.256. The van der Waals surface area contributed by atoms with E-state index < -0.39 is 5.97 Å². The molecular weight excluding hydrogens is 234 g/mol. The molecule has 2 heterocycles. The second kappa shape index (κ2) is 5.17. The van der Waals surface area contributed by atoms with E-state index in [1.54, 1.807) is 19.3 Å². The maximum absolute atomic E-state index is 11.6. The van der Waals surface area contributed by atoms with Gasteiger partial charge < -0.3 is 10.1 Å². The number of nitrogens with one attached hydrogen (secondary N) is 1. The molecule has 0 aliphatic rings. The molecule has 0 bridgehead atoms. The van der Waals surface area contributed by atoms with Crippen LogP contribution in [0.25, 0.3) is 0 Å². The summed E-state index contributed by atoms with van der Waals surface area (Å²) in [6.45, 7) is 1.73. The molecule has 0 fully saturated rings. The molecule has 0 saturated carbocycles. The van der Waals surface area contributed by atoms with Gasteiger partial charge in [-0.25, -0.2) is 24.7 Å². The number of anilines is 2. The van der Waals surface area contributed by atoms with Crippen molar-refractivity contribution in [1.82, 2.24) is 19.9 Å². The van der Waals surface area contributed by atoms with Crippen molar-refractivity contribution >= 4 is 17.5 Å². The lowest BCUT2D eigenvalue weighted by molar-refractivity contribution is 0.0601. The predicted molar refractivity (Wildman–Crippen MR) is 63.4 cm³/mol. The number of rotatable bonds is 3. The van der Waals surface area contributed by atoms with Gasteiger partial charge in [0.15, 0.2) is 0 Å². The van der Waals surface area contributed by atoms with Crippen molar-refractivity contribution in [3.05, 3.63) is 36.3 Å². The molecule has 1 N–H and O–H groups in total. The Labute approximate surface area is 103 Å². The lowest BCUT2D eigenvalue weighted by Gasteiger charge is -2.09. The summed E-state index contributed by atoms with van der Waals surface area (Å²) >= 11 is 0. The molecule has 7 heteroatoms. The van der Waals surface area contributed by atoms with E-state index in [9.17, 15) is 4.79 Å². The SMILES string of the molecule is COC(=O)c1cnc(C)nc1Nc1cncnc1. The molecule has 18 heavy (non-hydrogen) atoms. The van der Waals surface area contributed by atoms with Gasteiger partial charge in [-0.15, -0.1) is 0 Å². The van der Waals surface area contributed by atoms with E-state index in [1.165, 1.54) is 19.6 Å². The fraction of sp³-hybridized carbons (Fsp3) is 0.182. The van der Waals surface area contributed by atoms with Crippen LogP contribution in [0.1, 0.15) is 16.2 Å². The van der Waals surface area contributed by atoms with Crippen LogP contribution < -0.4 is 5.32 Å². The van der Waals surface area contributed by atoms with Crippen molar-refractivity contribution in [3.63, 3.8) is 0 Å². The van der Waals surface area contributed by atoms with E-state index in [0.29, 0.717) is 17.3 Å². The highest BCUT2D eigenvalue weighted by Crippen LogP contribution is 2.17. The Balaban J connectivity index is 2.36.